The number of pyridine rings is 2. The number of rotatable bonds is 4. The Morgan fingerprint density at radius 1 is 0.968 bits per heavy atom. The molecule has 0 aliphatic rings. The van der Waals surface area contributed by atoms with E-state index in [-0.39, 0.29) is 16.9 Å². The Kier molecular flexibility index (Phi) is 5.41. The summed E-state index contributed by atoms with van der Waals surface area (Å²) in [5, 5.41) is 14.9. The first-order valence-corrected chi connectivity index (χ1v) is 9.43. The van der Waals surface area contributed by atoms with Crippen molar-refractivity contribution in [3.05, 3.63) is 94.5 Å². The number of fused-ring (bicyclic) bond motifs is 1. The molecule has 4 aromatic rings. The molecule has 0 spiro atoms. The van der Waals surface area contributed by atoms with Gasteiger partial charge in [-0.15, -0.1) is 0 Å². The van der Waals surface area contributed by atoms with Gasteiger partial charge in [0.1, 0.15) is 22.9 Å². The van der Waals surface area contributed by atoms with E-state index in [0.29, 0.717) is 27.8 Å². The predicted octanol–water partition coefficient (Wildman–Crippen LogP) is 6.35. The summed E-state index contributed by atoms with van der Waals surface area (Å²) >= 11 is 6.00. The van der Waals surface area contributed by atoms with Crippen molar-refractivity contribution in [1.82, 2.24) is 9.97 Å². The van der Waals surface area contributed by atoms with E-state index in [1.54, 1.807) is 30.3 Å². The molecule has 4 nitrogen and oxygen atoms in total. The van der Waals surface area contributed by atoms with Crippen molar-refractivity contribution in [2.24, 2.45) is 0 Å². The number of anilines is 1. The molecule has 0 bridgehead atoms. The third kappa shape index (κ3) is 4.25. The second-order valence-corrected chi connectivity index (χ2v) is 7.19. The van der Waals surface area contributed by atoms with E-state index in [0.717, 1.165) is 12.1 Å². The van der Waals surface area contributed by atoms with Crippen LogP contribution < -0.4 is 5.32 Å². The van der Waals surface area contributed by atoms with Crippen LogP contribution in [-0.4, -0.2) is 15.1 Å². The number of nitrogens with zero attached hydrogens (tertiary/aromatic N) is 2. The average Bonchev–Trinajstić information content (AvgIpc) is 2.72. The Hall–Kier alpha value is -3.39. The number of hydrogen-bond acceptors (Lipinski definition) is 4. The molecule has 9 heteroatoms. The van der Waals surface area contributed by atoms with Crippen LogP contribution in [0.3, 0.4) is 0 Å². The van der Waals surface area contributed by atoms with Crippen LogP contribution in [0.4, 0.5) is 23.4 Å². The maximum absolute atomic E-state index is 14.3. The van der Waals surface area contributed by atoms with Crippen LogP contribution in [0.15, 0.2) is 67.0 Å². The van der Waals surface area contributed by atoms with Crippen LogP contribution >= 0.6 is 11.6 Å². The van der Waals surface area contributed by atoms with Gasteiger partial charge in [0.25, 0.3) is 0 Å². The molecule has 158 valence electrons. The number of hydrogen-bond donors (Lipinski definition) is 2. The van der Waals surface area contributed by atoms with Crippen molar-refractivity contribution < 1.29 is 22.7 Å². The lowest BCUT2D eigenvalue weighted by atomic mass is 9.95. The van der Waals surface area contributed by atoms with Crippen LogP contribution in [-0.2, 0) is 6.18 Å². The highest BCUT2D eigenvalue weighted by Crippen LogP contribution is 2.38. The van der Waals surface area contributed by atoms with Crippen molar-refractivity contribution in [3.8, 4) is 5.75 Å². The Labute approximate surface area is 179 Å². The maximum Gasteiger partial charge on any atom is 0.419 e. The van der Waals surface area contributed by atoms with Gasteiger partial charge in [-0.3, -0.25) is 4.98 Å². The number of aromatic hydroxyl groups is 1. The molecule has 31 heavy (non-hydrogen) atoms. The van der Waals surface area contributed by atoms with Crippen molar-refractivity contribution in [2.45, 2.75) is 12.2 Å². The van der Waals surface area contributed by atoms with E-state index in [1.165, 1.54) is 18.5 Å². The molecule has 0 fully saturated rings. The number of nitrogens with one attached hydrogen (secondary N) is 1. The molecule has 0 saturated carbocycles. The Morgan fingerprint density at radius 3 is 2.48 bits per heavy atom. The normalized spacial score (nSPS) is 12.7. The predicted molar refractivity (Wildman–Crippen MR) is 110 cm³/mol. The van der Waals surface area contributed by atoms with Crippen molar-refractivity contribution in [1.29, 1.82) is 0 Å². The largest absolute Gasteiger partial charge is 0.505 e. The second-order valence-electron chi connectivity index (χ2n) is 6.75. The highest BCUT2D eigenvalue weighted by molar-refractivity contribution is 6.30. The quantitative estimate of drug-likeness (QED) is 0.358. The van der Waals surface area contributed by atoms with Crippen molar-refractivity contribution in [2.75, 3.05) is 5.32 Å². The van der Waals surface area contributed by atoms with Gasteiger partial charge in [0.2, 0.25) is 0 Å². The smallest absolute Gasteiger partial charge is 0.419 e. The van der Waals surface area contributed by atoms with Crippen molar-refractivity contribution in [3.63, 3.8) is 0 Å². The molecule has 2 N–H and O–H groups in total. The summed E-state index contributed by atoms with van der Waals surface area (Å²) in [4.78, 5) is 8.30. The number of aromatic nitrogens is 2. The molecule has 0 saturated heterocycles. The van der Waals surface area contributed by atoms with Crippen LogP contribution in [0.1, 0.15) is 22.7 Å². The highest BCUT2D eigenvalue weighted by Gasteiger charge is 2.34. The summed E-state index contributed by atoms with van der Waals surface area (Å²) < 4.78 is 53.3. The number of phenolic OH excluding ortho intramolecular Hbond substituents is 1. The number of phenols is 1. The molecular formula is C22H14ClF4N3O. The van der Waals surface area contributed by atoms with E-state index in [4.69, 9.17) is 11.6 Å². The molecule has 0 amide bonds. The zero-order valence-electron chi connectivity index (χ0n) is 15.7. The molecule has 0 aliphatic carbocycles. The Balaban J connectivity index is 1.86. The lowest BCUT2D eigenvalue weighted by Crippen LogP contribution is -2.15. The first kappa shape index (κ1) is 20.9. The van der Waals surface area contributed by atoms with Crippen LogP contribution in [0.25, 0.3) is 10.9 Å². The van der Waals surface area contributed by atoms with Gasteiger partial charge >= 0.3 is 6.18 Å². The van der Waals surface area contributed by atoms with E-state index in [1.807, 2.05) is 0 Å². The van der Waals surface area contributed by atoms with Crippen molar-refractivity contribution >= 4 is 28.3 Å². The second kappa shape index (κ2) is 8.03. The summed E-state index contributed by atoms with van der Waals surface area (Å²) in [6, 6.07) is 11.5. The molecule has 1 atom stereocenters. The zero-order chi connectivity index (χ0) is 22.2. The van der Waals surface area contributed by atoms with Crippen LogP contribution in [0.5, 0.6) is 5.75 Å². The van der Waals surface area contributed by atoms with Gasteiger partial charge in [-0.1, -0.05) is 35.9 Å². The van der Waals surface area contributed by atoms with Gasteiger partial charge in [-0.25, -0.2) is 9.37 Å². The molecule has 4 rings (SSSR count). The minimum Gasteiger partial charge on any atom is -0.505 e. The first-order chi connectivity index (χ1) is 14.7. The summed E-state index contributed by atoms with van der Waals surface area (Å²) in [6.45, 7) is 0. The fourth-order valence-corrected chi connectivity index (χ4v) is 3.45. The molecule has 2 aromatic carbocycles. The highest BCUT2D eigenvalue weighted by atomic mass is 35.5. The molecule has 1 unspecified atom stereocenters. The molecular weight excluding hydrogens is 434 g/mol. The lowest BCUT2D eigenvalue weighted by molar-refractivity contribution is -0.140. The third-order valence-corrected chi connectivity index (χ3v) is 4.97. The molecule has 2 aromatic heterocycles. The first-order valence-electron chi connectivity index (χ1n) is 9.05. The van der Waals surface area contributed by atoms with Gasteiger partial charge < -0.3 is 10.4 Å². The van der Waals surface area contributed by atoms with Gasteiger partial charge in [-0.2, -0.15) is 13.2 Å². The monoisotopic (exact) mass is 447 g/mol. The fraction of sp³-hybridized carbons (Fsp3) is 0.0909. The Morgan fingerprint density at radius 2 is 1.77 bits per heavy atom. The van der Waals surface area contributed by atoms with Crippen LogP contribution in [0, 0.1) is 5.82 Å². The van der Waals surface area contributed by atoms with E-state index >= 15 is 0 Å². The number of alkyl halides is 3. The lowest BCUT2D eigenvalue weighted by Gasteiger charge is -2.23. The fourth-order valence-electron chi connectivity index (χ4n) is 3.29. The molecule has 0 radical (unpaired) electrons. The summed E-state index contributed by atoms with van der Waals surface area (Å²) in [5.41, 5.74) is -0.636. The molecule has 2 heterocycles. The van der Waals surface area contributed by atoms with E-state index in [9.17, 15) is 22.7 Å². The minimum atomic E-state index is -4.82. The van der Waals surface area contributed by atoms with E-state index < -0.39 is 23.6 Å². The Bertz CT molecular complexity index is 1260. The van der Waals surface area contributed by atoms with Gasteiger partial charge in [0.15, 0.2) is 0 Å². The molecule has 0 aliphatic heterocycles. The summed E-state index contributed by atoms with van der Waals surface area (Å²) in [5.74, 6) is -1.31. The average molecular weight is 448 g/mol. The summed E-state index contributed by atoms with van der Waals surface area (Å²) in [7, 11) is 0. The number of benzene rings is 2. The van der Waals surface area contributed by atoms with Crippen LogP contribution in [0.2, 0.25) is 5.02 Å². The van der Waals surface area contributed by atoms with E-state index in [2.05, 4.69) is 15.3 Å². The maximum atomic E-state index is 14.3. The standard InChI is InChI=1S/C22H14ClF4N3O/c23-14-7-9-28-18(11-14)30-19(13-4-6-16(17(24)10-13)22(25,26)27)15-5-3-12-2-1-8-29-20(12)21(15)31/h1-11,19,31H,(H,28,30). The number of halogens is 5. The van der Waals surface area contributed by atoms with Gasteiger partial charge in [0.05, 0.1) is 11.6 Å². The topological polar surface area (TPSA) is 58.0 Å². The minimum absolute atomic E-state index is 0.151. The third-order valence-electron chi connectivity index (χ3n) is 4.74. The SMILES string of the molecule is Oc1c(C(Nc2cc(Cl)ccn2)c2ccc(C(F)(F)F)c(F)c2)ccc2cccnc12. The zero-order valence-corrected chi connectivity index (χ0v) is 16.4. The van der Waals surface area contributed by atoms with Gasteiger partial charge in [0, 0.05) is 28.4 Å². The van der Waals surface area contributed by atoms with Gasteiger partial charge in [-0.05, 0) is 35.9 Å². The summed E-state index contributed by atoms with van der Waals surface area (Å²) in [6.07, 6.45) is -1.88.